The van der Waals surface area contributed by atoms with Crippen LogP contribution in [0.4, 0.5) is 28.0 Å². The highest BCUT2D eigenvalue weighted by Crippen LogP contribution is 2.28. The molecule has 37 heavy (non-hydrogen) atoms. The average molecular weight is 546 g/mol. The Bertz CT molecular complexity index is 1270. The molecule has 0 bridgehead atoms. The number of hydrogen-bond donors (Lipinski definition) is 2. The summed E-state index contributed by atoms with van der Waals surface area (Å²) < 4.78 is 87.9. The van der Waals surface area contributed by atoms with Crippen LogP contribution >= 0.6 is 0 Å². The lowest BCUT2D eigenvalue weighted by atomic mass is 10.1. The Morgan fingerprint density at radius 2 is 1.68 bits per heavy atom. The fraction of sp³-hybridized carbons (Fsp3) is 0.417. The minimum Gasteiger partial charge on any atom is -0.444 e. The van der Waals surface area contributed by atoms with Crippen molar-refractivity contribution in [2.75, 3.05) is 18.4 Å². The Morgan fingerprint density at radius 1 is 1.03 bits per heavy atom. The predicted molar refractivity (Wildman–Crippen MR) is 126 cm³/mol. The van der Waals surface area contributed by atoms with E-state index >= 15 is 0 Å². The lowest BCUT2D eigenvalue weighted by Gasteiger charge is -2.35. The van der Waals surface area contributed by atoms with Gasteiger partial charge < -0.3 is 15.4 Å². The van der Waals surface area contributed by atoms with Crippen molar-refractivity contribution in [1.82, 2.24) is 9.62 Å². The fourth-order valence-electron chi connectivity index (χ4n) is 3.81. The molecule has 2 amide bonds. The standard InChI is InChI=1S/C24H27F4N3O5S/c1-24(2,3)36-23(33)29-13-16-6-4-5-9-31(16)37(34,35)20-10-14(7-8-17(20)25)22(32)30-15-11-18(26)21(28)19(27)12-15/h7-8,10-12,16H,4-6,9,13H2,1-3H3,(H,29,33)(H,30,32)/t16-/m0/s1. The molecule has 202 valence electrons. The molecule has 0 saturated carbocycles. The van der Waals surface area contributed by atoms with Crippen LogP contribution in [0.1, 0.15) is 50.4 Å². The number of carbonyl (C=O) groups excluding carboxylic acids is 2. The van der Waals surface area contributed by atoms with Gasteiger partial charge in [-0.25, -0.2) is 30.8 Å². The molecular weight excluding hydrogens is 518 g/mol. The largest absolute Gasteiger partial charge is 0.444 e. The summed E-state index contributed by atoms with van der Waals surface area (Å²) in [4.78, 5) is 23.9. The predicted octanol–water partition coefficient (Wildman–Crippen LogP) is 4.56. The Hall–Kier alpha value is -3.19. The lowest BCUT2D eigenvalue weighted by molar-refractivity contribution is 0.0511. The number of alkyl carbamates (subject to hydrolysis) is 1. The number of nitrogens with one attached hydrogen (secondary N) is 2. The number of sulfonamides is 1. The van der Waals surface area contributed by atoms with E-state index in [-0.39, 0.29) is 18.7 Å². The second-order valence-electron chi connectivity index (χ2n) is 9.50. The molecule has 0 aromatic heterocycles. The monoisotopic (exact) mass is 545 g/mol. The molecule has 1 atom stereocenters. The molecular formula is C24H27F4N3O5S. The zero-order valence-electron chi connectivity index (χ0n) is 20.4. The van der Waals surface area contributed by atoms with E-state index in [2.05, 4.69) is 10.6 Å². The van der Waals surface area contributed by atoms with E-state index in [0.717, 1.165) is 22.5 Å². The molecule has 1 heterocycles. The summed E-state index contributed by atoms with van der Waals surface area (Å²) in [6.07, 6.45) is 0.862. The summed E-state index contributed by atoms with van der Waals surface area (Å²) in [7, 11) is -4.46. The second kappa shape index (κ2) is 11.1. The van der Waals surface area contributed by atoms with Crippen LogP contribution in [0, 0.1) is 23.3 Å². The van der Waals surface area contributed by atoms with E-state index in [1.54, 1.807) is 20.8 Å². The van der Waals surface area contributed by atoms with E-state index in [9.17, 15) is 35.6 Å². The van der Waals surface area contributed by atoms with Gasteiger partial charge in [-0.3, -0.25) is 4.79 Å². The van der Waals surface area contributed by atoms with Gasteiger partial charge in [-0.1, -0.05) is 6.42 Å². The van der Waals surface area contributed by atoms with Crippen molar-refractivity contribution in [1.29, 1.82) is 0 Å². The highest BCUT2D eigenvalue weighted by molar-refractivity contribution is 7.89. The van der Waals surface area contributed by atoms with Gasteiger partial charge in [0.2, 0.25) is 10.0 Å². The van der Waals surface area contributed by atoms with Gasteiger partial charge in [0.1, 0.15) is 16.3 Å². The molecule has 0 aliphatic carbocycles. The topological polar surface area (TPSA) is 105 Å². The third-order valence-corrected chi connectivity index (χ3v) is 7.44. The van der Waals surface area contributed by atoms with Crippen LogP contribution in [0.5, 0.6) is 0 Å². The smallest absolute Gasteiger partial charge is 0.407 e. The molecule has 13 heteroatoms. The van der Waals surface area contributed by atoms with Crippen LogP contribution in [0.15, 0.2) is 35.2 Å². The van der Waals surface area contributed by atoms with Crippen LogP contribution in [0.3, 0.4) is 0 Å². The molecule has 2 aromatic carbocycles. The van der Waals surface area contributed by atoms with Crippen molar-refractivity contribution in [3.8, 4) is 0 Å². The number of hydrogen-bond acceptors (Lipinski definition) is 5. The summed E-state index contributed by atoms with van der Waals surface area (Å²) in [5.74, 6) is -6.89. The van der Waals surface area contributed by atoms with E-state index in [0.29, 0.717) is 31.4 Å². The van der Waals surface area contributed by atoms with Gasteiger partial charge in [-0.05, 0) is 51.8 Å². The molecule has 1 saturated heterocycles. The number of piperidine rings is 1. The minimum absolute atomic E-state index is 0.0625. The van der Waals surface area contributed by atoms with Crippen molar-refractivity contribution in [3.05, 3.63) is 59.2 Å². The van der Waals surface area contributed by atoms with Gasteiger partial charge in [-0.15, -0.1) is 0 Å². The Labute approximate surface area is 212 Å². The zero-order chi connectivity index (χ0) is 27.5. The number of carbonyl (C=O) groups is 2. The number of nitrogens with zero attached hydrogens (tertiary/aromatic N) is 1. The first-order valence-corrected chi connectivity index (χ1v) is 12.9. The maximum absolute atomic E-state index is 14.7. The summed E-state index contributed by atoms with van der Waals surface area (Å²) in [6, 6.07) is 3.00. The average Bonchev–Trinajstić information content (AvgIpc) is 2.80. The van der Waals surface area contributed by atoms with Gasteiger partial charge in [0.05, 0.1) is 0 Å². The van der Waals surface area contributed by atoms with Gasteiger partial charge in [0, 0.05) is 42.5 Å². The minimum atomic E-state index is -4.46. The van der Waals surface area contributed by atoms with Gasteiger partial charge in [-0.2, -0.15) is 4.31 Å². The second-order valence-corrected chi connectivity index (χ2v) is 11.4. The molecule has 0 unspecified atom stereocenters. The molecule has 2 N–H and O–H groups in total. The quantitative estimate of drug-likeness (QED) is 0.409. The molecule has 3 rings (SSSR count). The molecule has 1 fully saturated rings. The van der Waals surface area contributed by atoms with Gasteiger partial charge in [0.15, 0.2) is 17.5 Å². The lowest BCUT2D eigenvalue weighted by Crippen LogP contribution is -2.50. The highest BCUT2D eigenvalue weighted by Gasteiger charge is 2.36. The Kier molecular flexibility index (Phi) is 8.48. The fourth-order valence-corrected chi connectivity index (χ4v) is 5.59. The van der Waals surface area contributed by atoms with Gasteiger partial charge in [0.25, 0.3) is 5.91 Å². The molecule has 8 nitrogen and oxygen atoms in total. The summed E-state index contributed by atoms with van der Waals surface area (Å²) in [5, 5.41) is 4.66. The van der Waals surface area contributed by atoms with Crippen molar-refractivity contribution in [2.45, 2.75) is 56.6 Å². The highest BCUT2D eigenvalue weighted by atomic mass is 32.2. The van der Waals surface area contributed by atoms with E-state index < -0.39 is 67.5 Å². The summed E-state index contributed by atoms with van der Waals surface area (Å²) >= 11 is 0. The van der Waals surface area contributed by atoms with Crippen LogP contribution in [-0.2, 0) is 14.8 Å². The molecule has 1 aliphatic rings. The third kappa shape index (κ3) is 6.98. The number of rotatable bonds is 6. The van der Waals surface area contributed by atoms with Gasteiger partial charge >= 0.3 is 6.09 Å². The zero-order valence-corrected chi connectivity index (χ0v) is 21.2. The van der Waals surface area contributed by atoms with Crippen molar-refractivity contribution in [3.63, 3.8) is 0 Å². The molecule has 1 aliphatic heterocycles. The number of benzene rings is 2. The molecule has 0 spiro atoms. The van der Waals surface area contributed by atoms with Crippen LogP contribution in [0.2, 0.25) is 0 Å². The number of halogens is 4. The third-order valence-electron chi connectivity index (χ3n) is 5.48. The van der Waals surface area contributed by atoms with Crippen molar-refractivity contribution < 1.29 is 40.3 Å². The normalized spacial score (nSPS) is 16.8. The number of anilines is 1. The molecule has 2 aromatic rings. The van der Waals surface area contributed by atoms with E-state index in [1.165, 1.54) is 0 Å². The number of ether oxygens (including phenoxy) is 1. The first-order chi connectivity index (χ1) is 17.2. The SMILES string of the molecule is CC(C)(C)OC(=O)NC[C@@H]1CCCCN1S(=O)(=O)c1cc(C(=O)Nc2cc(F)c(F)c(F)c2)ccc1F. The maximum Gasteiger partial charge on any atom is 0.407 e. The summed E-state index contributed by atoms with van der Waals surface area (Å²) in [5.41, 5.74) is -1.48. The summed E-state index contributed by atoms with van der Waals surface area (Å²) in [6.45, 7) is 5.03. The Balaban J connectivity index is 1.83. The van der Waals surface area contributed by atoms with Crippen LogP contribution in [0.25, 0.3) is 0 Å². The van der Waals surface area contributed by atoms with Crippen LogP contribution in [-0.4, -0.2) is 49.5 Å². The first-order valence-electron chi connectivity index (χ1n) is 11.4. The van der Waals surface area contributed by atoms with Crippen molar-refractivity contribution in [2.24, 2.45) is 0 Å². The first kappa shape index (κ1) is 28.4. The molecule has 0 radical (unpaired) electrons. The maximum atomic E-state index is 14.7. The van der Waals surface area contributed by atoms with E-state index in [4.69, 9.17) is 4.74 Å². The van der Waals surface area contributed by atoms with Crippen molar-refractivity contribution >= 4 is 27.7 Å². The van der Waals surface area contributed by atoms with E-state index in [1.807, 2.05) is 0 Å². The Morgan fingerprint density at radius 3 is 2.30 bits per heavy atom. The number of amides is 2. The van der Waals surface area contributed by atoms with Crippen LogP contribution < -0.4 is 10.6 Å².